The van der Waals surface area contributed by atoms with E-state index in [4.69, 9.17) is 5.11 Å². The molecule has 1 aromatic heterocycles. The molecule has 2 aliphatic rings. The Morgan fingerprint density at radius 3 is 2.85 bits per heavy atom. The topological polar surface area (TPSA) is 79.3 Å². The number of nitrogens with zero attached hydrogens (tertiary/aromatic N) is 1. The second-order valence-electron chi connectivity index (χ2n) is 5.91. The number of aromatic nitrogens is 1. The van der Waals surface area contributed by atoms with Gasteiger partial charge < -0.3 is 10.4 Å². The van der Waals surface area contributed by atoms with Crippen molar-refractivity contribution in [1.29, 1.82) is 0 Å². The van der Waals surface area contributed by atoms with Crippen molar-refractivity contribution in [3.05, 3.63) is 24.0 Å². The van der Waals surface area contributed by atoms with Crippen molar-refractivity contribution in [3.63, 3.8) is 0 Å². The van der Waals surface area contributed by atoms with Gasteiger partial charge in [0.25, 0.3) is 0 Å². The first-order valence-electron chi connectivity index (χ1n) is 7.10. The van der Waals surface area contributed by atoms with Crippen molar-refractivity contribution < 1.29 is 14.7 Å². The summed E-state index contributed by atoms with van der Waals surface area (Å²) in [5.41, 5.74) is 0.370. The summed E-state index contributed by atoms with van der Waals surface area (Å²) < 4.78 is 0. The van der Waals surface area contributed by atoms with Crippen molar-refractivity contribution in [1.82, 2.24) is 4.98 Å². The molecule has 1 heterocycles. The molecule has 2 bridgehead atoms. The first-order chi connectivity index (χ1) is 9.63. The van der Waals surface area contributed by atoms with Gasteiger partial charge in [-0.15, -0.1) is 0 Å². The first kappa shape index (κ1) is 13.1. The van der Waals surface area contributed by atoms with Gasteiger partial charge in [0, 0.05) is 12.6 Å². The average molecular weight is 274 g/mol. The molecule has 3 atom stereocenters. The van der Waals surface area contributed by atoms with Crippen LogP contribution in [0, 0.1) is 17.8 Å². The lowest BCUT2D eigenvalue weighted by Gasteiger charge is -2.21. The Labute approximate surface area is 117 Å². The van der Waals surface area contributed by atoms with Crippen molar-refractivity contribution in [2.45, 2.75) is 32.1 Å². The highest BCUT2D eigenvalue weighted by molar-refractivity contribution is 6.00. The Balaban J connectivity index is 1.63. The van der Waals surface area contributed by atoms with Crippen LogP contribution in [0.2, 0.25) is 0 Å². The predicted molar refractivity (Wildman–Crippen MR) is 73.4 cm³/mol. The zero-order valence-corrected chi connectivity index (χ0v) is 11.2. The molecule has 2 N–H and O–H groups in total. The fourth-order valence-corrected chi connectivity index (χ4v) is 3.75. The molecular weight excluding hydrogens is 256 g/mol. The molecule has 106 valence electrons. The molecular formula is C15H18N2O3. The Kier molecular flexibility index (Phi) is 3.42. The van der Waals surface area contributed by atoms with Crippen molar-refractivity contribution in [2.75, 3.05) is 5.32 Å². The standard InChI is InChI=1S/C15H18N2O3/c18-14(7-11-6-9-1-2-10(11)5-9)17-13-8-16-4-3-12(13)15(19)20/h3-4,8-11H,1-2,5-7H2,(H,17,18)(H,19,20). The normalized spacial score (nSPS) is 27.5. The van der Waals surface area contributed by atoms with E-state index in [-0.39, 0.29) is 17.2 Å². The number of pyridine rings is 1. The Bertz CT molecular complexity index is 544. The Morgan fingerprint density at radius 1 is 1.35 bits per heavy atom. The SMILES string of the molecule is O=C(CC1CC2CCC1C2)Nc1cnccc1C(=O)O. The number of hydrogen-bond donors (Lipinski definition) is 2. The molecule has 5 heteroatoms. The number of hydrogen-bond acceptors (Lipinski definition) is 3. The highest BCUT2D eigenvalue weighted by Gasteiger charge is 2.40. The second kappa shape index (κ2) is 5.23. The van der Waals surface area contributed by atoms with Crippen LogP contribution in [0.5, 0.6) is 0 Å². The number of fused-ring (bicyclic) bond motifs is 2. The molecule has 3 unspecified atom stereocenters. The number of rotatable bonds is 4. The molecule has 0 aromatic carbocycles. The monoisotopic (exact) mass is 274 g/mol. The van der Waals surface area contributed by atoms with E-state index in [0.717, 1.165) is 12.3 Å². The maximum absolute atomic E-state index is 12.1. The summed E-state index contributed by atoms with van der Waals surface area (Å²) in [5.74, 6) is 0.823. The summed E-state index contributed by atoms with van der Waals surface area (Å²) in [6.07, 6.45) is 8.28. The number of carbonyl (C=O) groups excluding carboxylic acids is 1. The molecule has 20 heavy (non-hydrogen) atoms. The van der Waals surface area contributed by atoms with Gasteiger partial charge >= 0.3 is 5.97 Å². The fraction of sp³-hybridized carbons (Fsp3) is 0.533. The lowest BCUT2D eigenvalue weighted by atomic mass is 9.86. The average Bonchev–Trinajstić information content (AvgIpc) is 3.01. The Morgan fingerprint density at radius 2 is 2.20 bits per heavy atom. The maximum atomic E-state index is 12.1. The number of carboxylic acids is 1. The molecule has 1 aromatic rings. The smallest absolute Gasteiger partial charge is 0.337 e. The minimum Gasteiger partial charge on any atom is -0.478 e. The van der Waals surface area contributed by atoms with Crippen LogP contribution in [-0.4, -0.2) is 22.0 Å². The molecule has 2 fully saturated rings. The van der Waals surface area contributed by atoms with Gasteiger partial charge in [-0.3, -0.25) is 9.78 Å². The second-order valence-corrected chi connectivity index (χ2v) is 5.91. The van der Waals surface area contributed by atoms with Gasteiger partial charge in [0.1, 0.15) is 0 Å². The molecule has 1 amide bonds. The maximum Gasteiger partial charge on any atom is 0.337 e. The van der Waals surface area contributed by atoms with Gasteiger partial charge in [-0.25, -0.2) is 4.79 Å². The summed E-state index contributed by atoms with van der Waals surface area (Å²) in [5, 5.41) is 11.8. The third kappa shape index (κ3) is 2.53. The minimum atomic E-state index is -1.05. The van der Waals surface area contributed by atoms with Crippen LogP contribution in [-0.2, 0) is 4.79 Å². The quantitative estimate of drug-likeness (QED) is 0.884. The van der Waals surface area contributed by atoms with E-state index in [9.17, 15) is 9.59 Å². The van der Waals surface area contributed by atoms with E-state index in [2.05, 4.69) is 10.3 Å². The van der Waals surface area contributed by atoms with E-state index >= 15 is 0 Å². The van der Waals surface area contributed by atoms with Gasteiger partial charge in [-0.2, -0.15) is 0 Å². The number of carboxylic acid groups (broad SMARTS) is 1. The van der Waals surface area contributed by atoms with Gasteiger partial charge in [-0.1, -0.05) is 6.42 Å². The molecule has 2 saturated carbocycles. The van der Waals surface area contributed by atoms with Gasteiger partial charge in [0.2, 0.25) is 5.91 Å². The van der Waals surface area contributed by atoms with Crippen LogP contribution >= 0.6 is 0 Å². The van der Waals surface area contributed by atoms with Crippen molar-refractivity contribution in [2.24, 2.45) is 17.8 Å². The number of aromatic carboxylic acids is 1. The van der Waals surface area contributed by atoms with Crippen LogP contribution < -0.4 is 5.32 Å². The highest BCUT2D eigenvalue weighted by Crippen LogP contribution is 2.49. The van der Waals surface area contributed by atoms with Gasteiger partial charge in [0.05, 0.1) is 17.4 Å². The Hall–Kier alpha value is -1.91. The summed E-state index contributed by atoms with van der Waals surface area (Å²) >= 11 is 0. The number of carbonyl (C=O) groups is 2. The number of anilines is 1. The van der Waals surface area contributed by atoms with E-state index in [1.165, 1.54) is 37.7 Å². The third-order valence-electron chi connectivity index (χ3n) is 4.66. The summed E-state index contributed by atoms with van der Waals surface area (Å²) in [6.45, 7) is 0. The molecule has 2 aliphatic carbocycles. The molecule has 0 radical (unpaired) electrons. The zero-order chi connectivity index (χ0) is 14.1. The largest absolute Gasteiger partial charge is 0.478 e. The van der Waals surface area contributed by atoms with Crippen LogP contribution in [0.1, 0.15) is 42.5 Å². The van der Waals surface area contributed by atoms with Crippen LogP contribution in [0.15, 0.2) is 18.5 Å². The van der Waals surface area contributed by atoms with Gasteiger partial charge in [-0.05, 0) is 43.1 Å². The molecule has 0 aliphatic heterocycles. The van der Waals surface area contributed by atoms with Crippen LogP contribution in [0.3, 0.4) is 0 Å². The minimum absolute atomic E-state index is 0.0845. The first-order valence-corrected chi connectivity index (χ1v) is 7.10. The third-order valence-corrected chi connectivity index (χ3v) is 4.66. The predicted octanol–water partition coefficient (Wildman–Crippen LogP) is 2.54. The fourth-order valence-electron chi connectivity index (χ4n) is 3.75. The van der Waals surface area contributed by atoms with Crippen molar-refractivity contribution in [3.8, 4) is 0 Å². The molecule has 0 saturated heterocycles. The lowest BCUT2D eigenvalue weighted by molar-refractivity contribution is -0.117. The van der Waals surface area contributed by atoms with E-state index in [1.807, 2.05) is 0 Å². The highest BCUT2D eigenvalue weighted by atomic mass is 16.4. The van der Waals surface area contributed by atoms with Crippen molar-refractivity contribution >= 4 is 17.6 Å². The van der Waals surface area contributed by atoms with Gasteiger partial charge in [0.15, 0.2) is 0 Å². The molecule has 0 spiro atoms. The van der Waals surface area contributed by atoms with Crippen LogP contribution in [0.25, 0.3) is 0 Å². The number of nitrogens with one attached hydrogen (secondary N) is 1. The van der Waals surface area contributed by atoms with Crippen LogP contribution in [0.4, 0.5) is 5.69 Å². The number of amides is 1. The van der Waals surface area contributed by atoms with E-state index in [1.54, 1.807) is 0 Å². The molecule has 3 rings (SSSR count). The summed E-state index contributed by atoms with van der Waals surface area (Å²) in [4.78, 5) is 27.0. The molecule has 5 nitrogen and oxygen atoms in total. The zero-order valence-electron chi connectivity index (χ0n) is 11.2. The summed E-state index contributed by atoms with van der Waals surface area (Å²) in [6, 6.07) is 1.40. The lowest BCUT2D eigenvalue weighted by Crippen LogP contribution is -2.21. The summed E-state index contributed by atoms with van der Waals surface area (Å²) in [7, 11) is 0. The van der Waals surface area contributed by atoms with E-state index in [0.29, 0.717) is 18.3 Å². The van der Waals surface area contributed by atoms with E-state index < -0.39 is 5.97 Å².